The first-order valence-electron chi connectivity index (χ1n) is 13.1. The molecular formula is C27H38N4O6. The Hall–Kier alpha value is -3.43. The van der Waals surface area contributed by atoms with E-state index in [2.05, 4.69) is 21.3 Å². The first-order chi connectivity index (χ1) is 17.6. The number of ether oxygens (including phenoxy) is 1. The van der Waals surface area contributed by atoms with Gasteiger partial charge in [-0.05, 0) is 50.5 Å². The summed E-state index contributed by atoms with van der Waals surface area (Å²) in [7, 11) is 0. The Bertz CT molecular complexity index is 978. The van der Waals surface area contributed by atoms with Crippen LogP contribution in [-0.4, -0.2) is 60.4 Å². The molecule has 4 atom stereocenters. The fourth-order valence-electron chi connectivity index (χ4n) is 4.35. The van der Waals surface area contributed by atoms with Crippen LogP contribution in [0.3, 0.4) is 0 Å². The Morgan fingerprint density at radius 2 is 1.70 bits per heavy atom. The summed E-state index contributed by atoms with van der Waals surface area (Å²) in [6, 6.07) is 7.42. The zero-order valence-corrected chi connectivity index (χ0v) is 21.8. The predicted octanol–water partition coefficient (Wildman–Crippen LogP) is 1.62. The van der Waals surface area contributed by atoms with Crippen molar-refractivity contribution >= 4 is 29.6 Å². The highest BCUT2D eigenvalue weighted by molar-refractivity contribution is 6.38. The zero-order chi connectivity index (χ0) is 26.9. The minimum atomic E-state index is -1.18. The van der Waals surface area contributed by atoms with E-state index >= 15 is 0 Å². The summed E-state index contributed by atoms with van der Waals surface area (Å²) in [5, 5.41) is 10.6. The van der Waals surface area contributed by atoms with Crippen LogP contribution in [0.4, 0.5) is 4.79 Å². The Morgan fingerprint density at radius 3 is 2.30 bits per heavy atom. The number of carbonyl (C=O) groups is 5. The average molecular weight is 515 g/mol. The number of carbonyl (C=O) groups excluding carboxylic acids is 5. The van der Waals surface area contributed by atoms with Crippen LogP contribution >= 0.6 is 0 Å². The molecule has 0 aromatic heterocycles. The number of benzene rings is 1. The summed E-state index contributed by atoms with van der Waals surface area (Å²) in [4.78, 5) is 63.4. The van der Waals surface area contributed by atoms with Gasteiger partial charge in [0.1, 0.15) is 12.1 Å². The lowest BCUT2D eigenvalue weighted by atomic mass is 9.94. The summed E-state index contributed by atoms with van der Waals surface area (Å²) in [5.74, 6) is -2.80. The van der Waals surface area contributed by atoms with E-state index in [0.717, 1.165) is 18.4 Å². The largest absolute Gasteiger partial charge is 0.446 e. The van der Waals surface area contributed by atoms with Gasteiger partial charge in [0.2, 0.25) is 17.6 Å². The van der Waals surface area contributed by atoms with Gasteiger partial charge in [-0.2, -0.15) is 0 Å². The Kier molecular flexibility index (Phi) is 10.0. The van der Waals surface area contributed by atoms with Crippen LogP contribution in [0.25, 0.3) is 0 Å². The maximum atomic E-state index is 13.3. The van der Waals surface area contributed by atoms with Gasteiger partial charge in [-0.1, -0.05) is 44.2 Å². The molecule has 1 saturated heterocycles. The zero-order valence-electron chi connectivity index (χ0n) is 21.8. The normalized spacial score (nSPS) is 19.4. The molecule has 1 aliphatic carbocycles. The minimum Gasteiger partial charge on any atom is -0.446 e. The van der Waals surface area contributed by atoms with E-state index in [4.69, 9.17) is 4.74 Å². The maximum absolute atomic E-state index is 13.3. The van der Waals surface area contributed by atoms with Crippen molar-refractivity contribution in [1.29, 1.82) is 0 Å². The molecule has 0 spiro atoms. The molecule has 1 saturated carbocycles. The summed E-state index contributed by atoms with van der Waals surface area (Å²) >= 11 is 0. The fraction of sp³-hybridized carbons (Fsp3) is 0.593. The number of ketones is 1. The Balaban J connectivity index is 1.64. The summed E-state index contributed by atoms with van der Waals surface area (Å²) in [6.45, 7) is 6.06. The third-order valence-electron chi connectivity index (χ3n) is 6.44. The van der Waals surface area contributed by atoms with Crippen LogP contribution in [0, 0.1) is 11.8 Å². The molecule has 10 nitrogen and oxygen atoms in total. The number of Topliss-reactive ketones (excluding diaryl/α,β-unsaturated/α-hetero) is 1. The van der Waals surface area contributed by atoms with Gasteiger partial charge >= 0.3 is 6.09 Å². The molecule has 1 aromatic carbocycles. The number of hydrogen-bond acceptors (Lipinski definition) is 6. The third kappa shape index (κ3) is 9.18. The van der Waals surface area contributed by atoms with Crippen LogP contribution in [0.5, 0.6) is 0 Å². The molecule has 2 fully saturated rings. The Morgan fingerprint density at radius 1 is 1.00 bits per heavy atom. The second-order valence-electron chi connectivity index (χ2n) is 10.4. The number of nitrogens with one attached hydrogen (secondary N) is 4. The molecule has 2 aliphatic rings. The van der Waals surface area contributed by atoms with E-state index in [0.29, 0.717) is 25.8 Å². The maximum Gasteiger partial charge on any atom is 0.408 e. The van der Waals surface area contributed by atoms with E-state index in [9.17, 15) is 24.0 Å². The monoisotopic (exact) mass is 514 g/mol. The molecular weight excluding hydrogens is 476 g/mol. The first kappa shape index (κ1) is 28.1. The van der Waals surface area contributed by atoms with E-state index in [1.165, 1.54) is 0 Å². The lowest BCUT2D eigenvalue weighted by molar-refractivity contribution is -0.141. The van der Waals surface area contributed by atoms with Gasteiger partial charge in [0.15, 0.2) is 0 Å². The lowest BCUT2D eigenvalue weighted by Gasteiger charge is -2.25. The highest BCUT2D eigenvalue weighted by atomic mass is 16.6. The van der Waals surface area contributed by atoms with Gasteiger partial charge in [-0.25, -0.2) is 4.79 Å². The quantitative estimate of drug-likeness (QED) is 0.295. The van der Waals surface area contributed by atoms with Gasteiger partial charge in [0, 0.05) is 24.9 Å². The van der Waals surface area contributed by atoms with Crippen LogP contribution in [-0.2, 0) is 30.3 Å². The van der Waals surface area contributed by atoms with E-state index in [1.54, 1.807) is 6.92 Å². The van der Waals surface area contributed by atoms with Crippen molar-refractivity contribution in [2.24, 2.45) is 11.8 Å². The standard InChI is InChI=1S/C27H38N4O6/c1-16(2)13-22(31-27(36)37-17(3)14-18-7-5-4-6-8-18)25(34)30-21(15-19-11-12-28-24(19)33)23(32)26(35)29-20-9-10-20/h4-8,16-17,19-22H,9-15H2,1-3H3,(H,28,33)(H,29,35)(H,30,34)(H,31,36)/t17?,19-,21?,22?/m0/s1. The molecule has 1 aromatic rings. The van der Waals surface area contributed by atoms with Crippen molar-refractivity contribution in [3.8, 4) is 0 Å². The second-order valence-corrected chi connectivity index (χ2v) is 10.4. The fourth-order valence-corrected chi connectivity index (χ4v) is 4.35. The SMILES string of the molecule is CC(C)CC(NC(=O)OC(C)Cc1ccccc1)C(=O)NC(C[C@@H]1CCNC1=O)C(=O)C(=O)NC1CC1. The van der Waals surface area contributed by atoms with Crippen molar-refractivity contribution < 1.29 is 28.7 Å². The summed E-state index contributed by atoms with van der Waals surface area (Å²) in [6.07, 6.45) is 1.81. The molecule has 3 rings (SSSR count). The van der Waals surface area contributed by atoms with Crippen molar-refractivity contribution in [2.75, 3.05) is 6.54 Å². The number of amides is 4. The number of rotatable bonds is 13. The van der Waals surface area contributed by atoms with Gasteiger partial charge in [-0.3, -0.25) is 19.2 Å². The lowest BCUT2D eigenvalue weighted by Crippen LogP contribution is -2.55. The second kappa shape index (κ2) is 13.2. The number of hydrogen-bond donors (Lipinski definition) is 4. The van der Waals surface area contributed by atoms with Crippen LogP contribution < -0.4 is 21.3 Å². The van der Waals surface area contributed by atoms with Gasteiger partial charge < -0.3 is 26.0 Å². The molecule has 3 unspecified atom stereocenters. The van der Waals surface area contributed by atoms with Crippen molar-refractivity contribution in [2.45, 2.75) is 83.5 Å². The van der Waals surface area contributed by atoms with E-state index in [-0.39, 0.29) is 24.3 Å². The molecule has 0 radical (unpaired) electrons. The molecule has 1 aliphatic heterocycles. The van der Waals surface area contributed by atoms with Crippen LogP contribution in [0.2, 0.25) is 0 Å². The van der Waals surface area contributed by atoms with Crippen molar-refractivity contribution in [1.82, 2.24) is 21.3 Å². The molecule has 202 valence electrons. The summed E-state index contributed by atoms with van der Waals surface area (Å²) < 4.78 is 5.47. The molecule has 1 heterocycles. The predicted molar refractivity (Wildman–Crippen MR) is 136 cm³/mol. The van der Waals surface area contributed by atoms with E-state index < -0.39 is 47.8 Å². The molecule has 10 heteroatoms. The molecule has 4 amide bonds. The van der Waals surface area contributed by atoms with Crippen LogP contribution in [0.15, 0.2) is 30.3 Å². The van der Waals surface area contributed by atoms with Gasteiger partial charge in [-0.15, -0.1) is 0 Å². The first-order valence-corrected chi connectivity index (χ1v) is 13.1. The van der Waals surface area contributed by atoms with E-state index in [1.807, 2.05) is 44.2 Å². The van der Waals surface area contributed by atoms with Crippen LogP contribution in [0.1, 0.15) is 58.4 Å². The summed E-state index contributed by atoms with van der Waals surface area (Å²) in [5.41, 5.74) is 1.01. The number of alkyl carbamates (subject to hydrolysis) is 1. The third-order valence-corrected chi connectivity index (χ3v) is 6.44. The molecule has 4 N–H and O–H groups in total. The average Bonchev–Trinajstić information content (AvgIpc) is 3.56. The van der Waals surface area contributed by atoms with Crippen molar-refractivity contribution in [3.05, 3.63) is 35.9 Å². The molecule has 0 bridgehead atoms. The highest BCUT2D eigenvalue weighted by Gasteiger charge is 2.37. The van der Waals surface area contributed by atoms with Gasteiger partial charge in [0.25, 0.3) is 5.91 Å². The Labute approximate surface area is 217 Å². The van der Waals surface area contributed by atoms with Crippen molar-refractivity contribution in [3.63, 3.8) is 0 Å². The smallest absolute Gasteiger partial charge is 0.408 e. The van der Waals surface area contributed by atoms with Gasteiger partial charge in [0.05, 0.1) is 6.04 Å². The minimum absolute atomic E-state index is 0.0153. The molecule has 37 heavy (non-hydrogen) atoms. The topological polar surface area (TPSA) is 143 Å². The highest BCUT2D eigenvalue weighted by Crippen LogP contribution is 2.20.